The number of hydrogen-bond donors (Lipinski definition) is 1. The van der Waals surface area contributed by atoms with Crippen LogP contribution in [0.4, 0.5) is 0 Å². The highest BCUT2D eigenvalue weighted by Gasteiger charge is 2.41. The molecule has 3 heterocycles. The van der Waals surface area contributed by atoms with Crippen LogP contribution in [0.5, 0.6) is 0 Å². The van der Waals surface area contributed by atoms with E-state index in [0.29, 0.717) is 23.9 Å². The molecule has 1 atom stereocenters. The van der Waals surface area contributed by atoms with Crippen molar-refractivity contribution in [3.05, 3.63) is 108 Å². The fraction of sp³-hybridized carbons (Fsp3) is 0.361. The minimum Gasteiger partial charge on any atom is -0.354 e. The maximum absolute atomic E-state index is 14.2. The largest absolute Gasteiger partial charge is 0.354 e. The van der Waals surface area contributed by atoms with Crippen LogP contribution in [0.2, 0.25) is 0 Å². The number of nitrogens with one attached hydrogen (secondary N) is 1. The van der Waals surface area contributed by atoms with Crippen LogP contribution in [0.25, 0.3) is 10.9 Å². The number of sulfonamides is 1. The van der Waals surface area contributed by atoms with Crippen molar-refractivity contribution >= 4 is 32.7 Å². The summed E-state index contributed by atoms with van der Waals surface area (Å²) in [4.78, 5) is 35.9. The van der Waals surface area contributed by atoms with Crippen LogP contribution in [-0.2, 0) is 19.6 Å². The van der Waals surface area contributed by atoms with Crippen LogP contribution in [0.3, 0.4) is 0 Å². The van der Waals surface area contributed by atoms with Gasteiger partial charge in [-0.15, -0.1) is 0 Å². The Morgan fingerprint density at radius 1 is 0.826 bits per heavy atom. The number of rotatable bonds is 10. The Morgan fingerprint density at radius 2 is 1.52 bits per heavy atom. The van der Waals surface area contributed by atoms with Gasteiger partial charge in [-0.3, -0.25) is 14.6 Å². The molecule has 0 radical (unpaired) electrons. The number of carbonyl (C=O) groups excluding carboxylic acids is 2. The Labute approximate surface area is 271 Å². The molecule has 2 amide bonds. The standard InChI is InChI=1S/C36H41N5O4S/c42-35(18-22-39-20-8-3-9-21-39)40-23-24-41(46(44,45)31-16-17-33-30(25-31)15-10-19-37-33)34(27-40)36(43)38-26-32(28-11-4-1-5-12-28)29-13-6-2-7-14-29/h1-2,4-7,10-17,19,25,32,34H,3,8-9,18,20-24,26-27H2,(H,38,43). The monoisotopic (exact) mass is 639 g/mol. The summed E-state index contributed by atoms with van der Waals surface area (Å²) < 4.78 is 29.6. The molecule has 0 bridgehead atoms. The van der Waals surface area contributed by atoms with Gasteiger partial charge in [0.15, 0.2) is 0 Å². The van der Waals surface area contributed by atoms with Gasteiger partial charge in [0.25, 0.3) is 0 Å². The number of piperazine rings is 1. The van der Waals surface area contributed by atoms with E-state index in [2.05, 4.69) is 15.2 Å². The van der Waals surface area contributed by atoms with Gasteiger partial charge in [-0.05, 0) is 61.3 Å². The normalized spacial score (nSPS) is 18.1. The number of piperidine rings is 1. The molecule has 240 valence electrons. The van der Waals surface area contributed by atoms with Gasteiger partial charge in [0.05, 0.1) is 10.4 Å². The van der Waals surface area contributed by atoms with E-state index < -0.39 is 22.0 Å². The molecule has 9 nitrogen and oxygen atoms in total. The summed E-state index contributed by atoms with van der Waals surface area (Å²) in [7, 11) is -4.07. The second-order valence-electron chi connectivity index (χ2n) is 12.1. The maximum Gasteiger partial charge on any atom is 0.243 e. The van der Waals surface area contributed by atoms with Crippen LogP contribution in [0.1, 0.15) is 42.7 Å². The van der Waals surface area contributed by atoms with Crippen molar-refractivity contribution in [3.8, 4) is 0 Å². The van der Waals surface area contributed by atoms with Gasteiger partial charge in [-0.2, -0.15) is 4.31 Å². The highest BCUT2D eigenvalue weighted by molar-refractivity contribution is 7.89. The molecule has 1 aromatic heterocycles. The Balaban J connectivity index is 1.24. The Bertz CT molecular complexity index is 1710. The minimum atomic E-state index is -4.07. The second kappa shape index (κ2) is 14.5. The van der Waals surface area contributed by atoms with Gasteiger partial charge in [0.2, 0.25) is 21.8 Å². The molecule has 46 heavy (non-hydrogen) atoms. The van der Waals surface area contributed by atoms with Gasteiger partial charge in [-0.1, -0.05) is 73.2 Å². The fourth-order valence-corrected chi connectivity index (χ4v) is 8.16. The molecular formula is C36H41N5O4S. The highest BCUT2D eigenvalue weighted by atomic mass is 32.2. The van der Waals surface area contributed by atoms with Crippen molar-refractivity contribution in [3.63, 3.8) is 0 Å². The lowest BCUT2D eigenvalue weighted by atomic mass is 9.91. The highest BCUT2D eigenvalue weighted by Crippen LogP contribution is 2.27. The first kappa shape index (κ1) is 31.8. The zero-order chi connectivity index (χ0) is 31.9. The molecule has 6 rings (SSSR count). The summed E-state index contributed by atoms with van der Waals surface area (Å²) in [5.74, 6) is -0.602. The number of amides is 2. The number of aromatic nitrogens is 1. The molecule has 2 fully saturated rings. The van der Waals surface area contributed by atoms with Crippen LogP contribution in [0.15, 0.2) is 102 Å². The third-order valence-electron chi connectivity index (χ3n) is 9.14. The SMILES string of the molecule is O=C(NCC(c1ccccc1)c1ccccc1)C1CN(C(=O)CCN2CCCCC2)CCN1S(=O)(=O)c1ccc2ncccc2c1. The van der Waals surface area contributed by atoms with Crippen LogP contribution in [-0.4, -0.2) is 91.2 Å². The number of fused-ring (bicyclic) bond motifs is 1. The lowest BCUT2D eigenvalue weighted by molar-refractivity contribution is -0.136. The third-order valence-corrected chi connectivity index (χ3v) is 11.0. The van der Waals surface area contributed by atoms with Gasteiger partial charge in [-0.25, -0.2) is 8.42 Å². The Hall–Kier alpha value is -4.12. The first-order valence-corrected chi connectivity index (χ1v) is 17.6. The summed E-state index contributed by atoms with van der Waals surface area (Å²) in [5.41, 5.74) is 2.77. The number of benzene rings is 3. The van der Waals surface area contributed by atoms with Crippen molar-refractivity contribution in [2.45, 2.75) is 42.5 Å². The fourth-order valence-electron chi connectivity index (χ4n) is 6.56. The van der Waals surface area contributed by atoms with Crippen molar-refractivity contribution in [1.29, 1.82) is 0 Å². The van der Waals surface area contributed by atoms with Gasteiger partial charge >= 0.3 is 0 Å². The molecule has 2 aliphatic rings. The van der Waals surface area contributed by atoms with Crippen LogP contribution in [0, 0.1) is 0 Å². The Morgan fingerprint density at radius 3 is 2.22 bits per heavy atom. The molecule has 1 unspecified atom stereocenters. The van der Waals surface area contributed by atoms with Crippen molar-refractivity contribution in [1.82, 2.24) is 24.4 Å². The topological polar surface area (TPSA) is 103 Å². The maximum atomic E-state index is 14.2. The third kappa shape index (κ3) is 7.30. The van der Waals surface area contributed by atoms with Gasteiger partial charge < -0.3 is 15.1 Å². The van der Waals surface area contributed by atoms with Crippen molar-refractivity contribution in [2.75, 3.05) is 45.8 Å². The molecule has 4 aromatic rings. The summed E-state index contributed by atoms with van der Waals surface area (Å²) >= 11 is 0. The van der Waals surface area contributed by atoms with Crippen molar-refractivity contribution < 1.29 is 18.0 Å². The van der Waals surface area contributed by atoms with Crippen molar-refractivity contribution in [2.24, 2.45) is 0 Å². The molecule has 2 saturated heterocycles. The zero-order valence-corrected chi connectivity index (χ0v) is 26.8. The van der Waals surface area contributed by atoms with E-state index >= 15 is 0 Å². The quantitative estimate of drug-likeness (QED) is 0.278. The zero-order valence-electron chi connectivity index (χ0n) is 26.0. The number of pyridine rings is 1. The summed E-state index contributed by atoms with van der Waals surface area (Å²) in [6, 6.07) is 27.2. The summed E-state index contributed by atoms with van der Waals surface area (Å²) in [6.45, 7) is 3.21. The van der Waals surface area contributed by atoms with E-state index in [0.717, 1.165) is 37.1 Å². The Kier molecular flexibility index (Phi) is 10.1. The average Bonchev–Trinajstić information content (AvgIpc) is 3.11. The van der Waals surface area contributed by atoms with E-state index in [4.69, 9.17) is 0 Å². The molecule has 0 saturated carbocycles. The first-order valence-electron chi connectivity index (χ1n) is 16.1. The molecule has 1 N–H and O–H groups in total. The number of likely N-dealkylation sites (tertiary alicyclic amines) is 1. The lowest BCUT2D eigenvalue weighted by Gasteiger charge is -2.40. The summed E-state index contributed by atoms with van der Waals surface area (Å²) in [6.07, 6.45) is 5.52. The predicted octanol–water partition coefficient (Wildman–Crippen LogP) is 4.26. The first-order chi connectivity index (χ1) is 22.4. The molecule has 0 spiro atoms. The number of nitrogens with zero attached hydrogens (tertiary/aromatic N) is 4. The van der Waals surface area contributed by atoms with E-state index in [1.165, 1.54) is 16.8 Å². The number of carbonyl (C=O) groups is 2. The molecular weight excluding hydrogens is 598 g/mol. The molecule has 0 aliphatic carbocycles. The van der Waals surface area contributed by atoms with E-state index in [1.807, 2.05) is 66.7 Å². The molecule has 3 aromatic carbocycles. The van der Waals surface area contributed by atoms with E-state index in [-0.39, 0.29) is 42.9 Å². The predicted molar refractivity (Wildman–Crippen MR) is 179 cm³/mol. The minimum absolute atomic E-state index is 0.000371. The molecule has 2 aliphatic heterocycles. The second-order valence-corrected chi connectivity index (χ2v) is 14.0. The van der Waals surface area contributed by atoms with Crippen LogP contribution < -0.4 is 5.32 Å². The average molecular weight is 640 g/mol. The van der Waals surface area contributed by atoms with E-state index in [1.54, 1.807) is 29.3 Å². The van der Waals surface area contributed by atoms with Gasteiger partial charge in [0, 0.05) is 56.6 Å². The molecule has 10 heteroatoms. The smallest absolute Gasteiger partial charge is 0.243 e. The van der Waals surface area contributed by atoms with Crippen LogP contribution >= 0.6 is 0 Å². The van der Waals surface area contributed by atoms with Gasteiger partial charge in [0.1, 0.15) is 6.04 Å². The summed E-state index contributed by atoms with van der Waals surface area (Å²) in [5, 5.41) is 3.77. The van der Waals surface area contributed by atoms with E-state index in [9.17, 15) is 18.0 Å². The number of hydrogen-bond acceptors (Lipinski definition) is 6. The lowest BCUT2D eigenvalue weighted by Crippen LogP contribution is -2.61.